The highest BCUT2D eigenvalue weighted by molar-refractivity contribution is 5.50. The van der Waals surface area contributed by atoms with Gasteiger partial charge in [0.1, 0.15) is 16.8 Å². The summed E-state index contributed by atoms with van der Waals surface area (Å²) in [7, 11) is 1.76. The van der Waals surface area contributed by atoms with Crippen LogP contribution in [0.2, 0.25) is 0 Å². The Balaban J connectivity index is 1.80. The van der Waals surface area contributed by atoms with E-state index in [1.165, 1.54) is 30.4 Å². The van der Waals surface area contributed by atoms with Gasteiger partial charge >= 0.3 is 0 Å². The normalized spacial score (nSPS) is 36.3. The van der Waals surface area contributed by atoms with Gasteiger partial charge in [0.25, 0.3) is 0 Å². The molecule has 26 heavy (non-hydrogen) atoms. The van der Waals surface area contributed by atoms with Gasteiger partial charge in [-0.2, -0.15) is 10.2 Å². The SMILES string of the molecule is COc1ccccc1[C@@]12N=N[C@@](c3ccccc3)([C@H]3CCC[C@H]31)C2(C)C. The molecule has 2 aliphatic carbocycles. The molecule has 1 heterocycles. The number of fused-ring (bicyclic) bond motifs is 5. The average Bonchev–Trinajstić information content (AvgIpc) is 3.29. The molecule has 2 saturated carbocycles. The first-order chi connectivity index (χ1) is 12.6. The Morgan fingerprint density at radius 3 is 2.19 bits per heavy atom. The summed E-state index contributed by atoms with van der Waals surface area (Å²) in [4.78, 5) is 0. The highest BCUT2D eigenvalue weighted by Crippen LogP contribution is 2.77. The van der Waals surface area contributed by atoms with E-state index in [4.69, 9.17) is 15.0 Å². The van der Waals surface area contributed by atoms with Crippen molar-refractivity contribution in [3.63, 3.8) is 0 Å². The van der Waals surface area contributed by atoms with E-state index in [1.54, 1.807) is 7.11 Å². The third-order valence-electron chi connectivity index (χ3n) is 7.59. The van der Waals surface area contributed by atoms with E-state index in [-0.39, 0.29) is 16.5 Å². The van der Waals surface area contributed by atoms with Gasteiger partial charge in [0.15, 0.2) is 0 Å². The summed E-state index contributed by atoms with van der Waals surface area (Å²) in [5, 5.41) is 10.2. The number of hydrogen-bond donors (Lipinski definition) is 0. The van der Waals surface area contributed by atoms with E-state index in [2.05, 4.69) is 62.4 Å². The third kappa shape index (κ3) is 1.57. The first-order valence-electron chi connectivity index (χ1n) is 9.72. The lowest BCUT2D eigenvalue weighted by Crippen LogP contribution is -2.44. The topological polar surface area (TPSA) is 34.0 Å². The Morgan fingerprint density at radius 1 is 0.846 bits per heavy atom. The van der Waals surface area contributed by atoms with Gasteiger partial charge in [-0.05, 0) is 36.3 Å². The van der Waals surface area contributed by atoms with Crippen LogP contribution in [0, 0.1) is 17.3 Å². The molecule has 2 aromatic carbocycles. The van der Waals surface area contributed by atoms with Crippen molar-refractivity contribution in [2.24, 2.45) is 27.5 Å². The number of ether oxygens (including phenoxy) is 1. The van der Waals surface area contributed by atoms with Crippen LogP contribution in [-0.4, -0.2) is 7.11 Å². The van der Waals surface area contributed by atoms with Gasteiger partial charge in [0.2, 0.25) is 0 Å². The molecule has 5 rings (SSSR count). The van der Waals surface area contributed by atoms with E-state index in [0.29, 0.717) is 11.8 Å². The smallest absolute Gasteiger partial charge is 0.124 e. The van der Waals surface area contributed by atoms with Gasteiger partial charge in [-0.15, -0.1) is 0 Å². The van der Waals surface area contributed by atoms with Gasteiger partial charge in [-0.25, -0.2) is 0 Å². The zero-order chi connectivity index (χ0) is 18.0. The van der Waals surface area contributed by atoms with Crippen LogP contribution in [0.15, 0.2) is 64.8 Å². The lowest BCUT2D eigenvalue weighted by atomic mass is 9.61. The fourth-order valence-corrected chi connectivity index (χ4v) is 6.61. The molecular weight excluding hydrogens is 320 g/mol. The number of benzene rings is 2. The average molecular weight is 346 g/mol. The Labute approximate surface area is 155 Å². The molecule has 0 N–H and O–H groups in total. The fourth-order valence-electron chi connectivity index (χ4n) is 6.61. The molecule has 4 atom stereocenters. The number of methoxy groups -OCH3 is 1. The van der Waals surface area contributed by atoms with E-state index in [9.17, 15) is 0 Å². The van der Waals surface area contributed by atoms with Crippen LogP contribution < -0.4 is 4.74 Å². The molecule has 3 aliphatic rings. The third-order valence-corrected chi connectivity index (χ3v) is 7.59. The molecule has 1 aliphatic heterocycles. The first kappa shape index (κ1) is 16.0. The number of azo groups is 1. The van der Waals surface area contributed by atoms with Crippen LogP contribution in [0.3, 0.4) is 0 Å². The molecule has 0 radical (unpaired) electrons. The second-order valence-electron chi connectivity index (χ2n) is 8.57. The van der Waals surface area contributed by atoms with Gasteiger partial charge in [-0.3, -0.25) is 0 Å². The van der Waals surface area contributed by atoms with Crippen LogP contribution in [0.1, 0.15) is 44.2 Å². The lowest BCUT2D eigenvalue weighted by molar-refractivity contribution is 0.138. The fraction of sp³-hybridized carbons (Fsp3) is 0.478. The minimum absolute atomic E-state index is 0.105. The molecule has 0 unspecified atom stereocenters. The molecule has 0 amide bonds. The number of para-hydroxylation sites is 1. The molecule has 2 fully saturated rings. The van der Waals surface area contributed by atoms with Crippen molar-refractivity contribution in [2.45, 2.75) is 44.2 Å². The molecule has 3 heteroatoms. The molecular formula is C23H26N2O. The summed E-state index contributed by atoms with van der Waals surface area (Å²) in [6.07, 6.45) is 3.72. The second-order valence-corrected chi connectivity index (χ2v) is 8.57. The highest BCUT2D eigenvalue weighted by atomic mass is 16.5. The Kier molecular flexibility index (Phi) is 3.20. The van der Waals surface area contributed by atoms with Crippen LogP contribution in [0.4, 0.5) is 0 Å². The van der Waals surface area contributed by atoms with Gasteiger partial charge in [0.05, 0.1) is 7.11 Å². The van der Waals surface area contributed by atoms with E-state index in [0.717, 1.165) is 5.75 Å². The predicted octanol–water partition coefficient (Wildman–Crippen LogP) is 5.71. The monoisotopic (exact) mass is 346 g/mol. The molecule has 0 aromatic heterocycles. The van der Waals surface area contributed by atoms with Crippen molar-refractivity contribution >= 4 is 0 Å². The quantitative estimate of drug-likeness (QED) is 0.701. The zero-order valence-corrected chi connectivity index (χ0v) is 15.8. The van der Waals surface area contributed by atoms with E-state index < -0.39 is 0 Å². The van der Waals surface area contributed by atoms with Crippen molar-refractivity contribution in [1.82, 2.24) is 0 Å². The van der Waals surface area contributed by atoms with Crippen molar-refractivity contribution < 1.29 is 4.74 Å². The Morgan fingerprint density at radius 2 is 1.46 bits per heavy atom. The molecule has 3 nitrogen and oxygen atoms in total. The van der Waals surface area contributed by atoms with Crippen molar-refractivity contribution in [2.75, 3.05) is 7.11 Å². The molecule has 0 saturated heterocycles. The van der Waals surface area contributed by atoms with Gasteiger partial charge in [0, 0.05) is 11.0 Å². The van der Waals surface area contributed by atoms with Gasteiger partial charge in [-0.1, -0.05) is 68.8 Å². The van der Waals surface area contributed by atoms with Crippen molar-refractivity contribution in [3.8, 4) is 5.75 Å². The van der Waals surface area contributed by atoms with Crippen LogP contribution in [0.5, 0.6) is 5.75 Å². The summed E-state index contributed by atoms with van der Waals surface area (Å²) in [6.45, 7) is 4.76. The van der Waals surface area contributed by atoms with Crippen LogP contribution >= 0.6 is 0 Å². The maximum Gasteiger partial charge on any atom is 0.124 e. The Hall–Kier alpha value is -2.16. The van der Waals surface area contributed by atoms with Crippen LogP contribution in [-0.2, 0) is 11.1 Å². The van der Waals surface area contributed by atoms with Crippen molar-refractivity contribution in [3.05, 3.63) is 65.7 Å². The van der Waals surface area contributed by atoms with Gasteiger partial charge < -0.3 is 4.74 Å². The minimum atomic E-state index is -0.309. The summed E-state index contributed by atoms with van der Waals surface area (Å²) in [5.74, 6) is 2.00. The van der Waals surface area contributed by atoms with Crippen molar-refractivity contribution in [1.29, 1.82) is 0 Å². The number of rotatable bonds is 3. The lowest BCUT2D eigenvalue weighted by Gasteiger charge is -2.42. The largest absolute Gasteiger partial charge is 0.496 e. The molecule has 0 spiro atoms. The molecule has 134 valence electrons. The van der Waals surface area contributed by atoms with Crippen LogP contribution in [0.25, 0.3) is 0 Å². The zero-order valence-electron chi connectivity index (χ0n) is 15.8. The van der Waals surface area contributed by atoms with E-state index >= 15 is 0 Å². The standard InChI is InChI=1S/C23H26N2O/c1-21(2)22(16-10-5-4-6-11-16)17-13-9-14-18(17)23(21,25-24-22)19-12-7-8-15-20(19)26-3/h4-8,10-12,15,17-18H,9,13-14H2,1-3H3/t17-,18+,22-,23-/m0/s1. The maximum absolute atomic E-state index is 5.78. The summed E-state index contributed by atoms with van der Waals surface area (Å²) in [5.41, 5.74) is 1.88. The maximum atomic E-state index is 5.78. The summed E-state index contributed by atoms with van der Waals surface area (Å²) in [6, 6.07) is 19.3. The summed E-state index contributed by atoms with van der Waals surface area (Å²) >= 11 is 0. The second kappa shape index (κ2) is 5.18. The summed E-state index contributed by atoms with van der Waals surface area (Å²) < 4.78 is 5.78. The number of nitrogens with zero attached hydrogens (tertiary/aromatic N) is 2. The Bertz CT molecular complexity index is 875. The first-order valence-corrected chi connectivity index (χ1v) is 9.72. The van der Waals surface area contributed by atoms with E-state index in [1.807, 2.05) is 6.07 Å². The minimum Gasteiger partial charge on any atom is -0.496 e. The highest BCUT2D eigenvalue weighted by Gasteiger charge is 2.78. The predicted molar refractivity (Wildman–Crippen MR) is 102 cm³/mol. The molecule has 2 aromatic rings. The number of hydrogen-bond acceptors (Lipinski definition) is 3. The molecule has 2 bridgehead atoms.